The molecule has 0 radical (unpaired) electrons. The summed E-state index contributed by atoms with van der Waals surface area (Å²) in [7, 11) is 2.20. The van der Waals surface area contributed by atoms with Gasteiger partial charge in [-0.15, -0.1) is 11.3 Å². The quantitative estimate of drug-likeness (QED) is 0.551. The van der Waals surface area contributed by atoms with Crippen molar-refractivity contribution >= 4 is 17.4 Å². The van der Waals surface area contributed by atoms with Crippen LogP contribution in [0.1, 0.15) is 65.4 Å². The SMILES string of the molecule is CN1CCc2c(sc3c2CN(C(=O)NC2CCCCC2)C(c2ccccc2)c2cccn2-3)C1. The number of hydrogen-bond acceptors (Lipinski definition) is 3. The molecule has 1 aromatic carbocycles. The Labute approximate surface area is 200 Å². The number of carbonyl (C=O) groups is 1. The first-order valence-corrected chi connectivity index (χ1v) is 13.1. The number of nitrogens with zero attached hydrogens (tertiary/aromatic N) is 3. The number of benzene rings is 1. The maximum absolute atomic E-state index is 13.9. The van der Waals surface area contributed by atoms with Crippen molar-refractivity contribution in [2.45, 2.75) is 63.7 Å². The Bertz CT molecular complexity index is 1140. The van der Waals surface area contributed by atoms with Gasteiger partial charge in [0.15, 0.2) is 0 Å². The lowest BCUT2D eigenvalue weighted by molar-refractivity contribution is 0.173. The van der Waals surface area contributed by atoms with E-state index >= 15 is 0 Å². The van der Waals surface area contributed by atoms with Crippen molar-refractivity contribution in [2.24, 2.45) is 0 Å². The standard InChI is InChI=1S/C27H32N4OS/c1-29-16-14-21-22-17-31(27(32)28-20-11-6-3-7-12-20)25(19-9-4-2-5-10-19)23-13-8-15-30(23)26(22)33-24(21)18-29/h2,4-5,8-10,13,15,20,25H,3,6-7,11-12,14,16-18H2,1H3,(H,28,32). The average molecular weight is 461 g/mol. The lowest BCUT2D eigenvalue weighted by Crippen LogP contribution is -2.46. The molecule has 6 heteroatoms. The van der Waals surface area contributed by atoms with Gasteiger partial charge in [-0.1, -0.05) is 49.6 Å². The molecule has 2 aliphatic heterocycles. The highest BCUT2D eigenvalue weighted by Crippen LogP contribution is 2.43. The molecular weight excluding hydrogens is 428 g/mol. The van der Waals surface area contributed by atoms with Crippen molar-refractivity contribution in [3.63, 3.8) is 0 Å². The zero-order chi connectivity index (χ0) is 22.4. The summed E-state index contributed by atoms with van der Waals surface area (Å²) >= 11 is 1.91. The predicted molar refractivity (Wildman–Crippen MR) is 133 cm³/mol. The van der Waals surface area contributed by atoms with Crippen LogP contribution in [0.15, 0.2) is 48.7 Å². The van der Waals surface area contributed by atoms with E-state index in [4.69, 9.17) is 0 Å². The number of urea groups is 1. The van der Waals surface area contributed by atoms with Gasteiger partial charge in [0.2, 0.25) is 0 Å². The fraction of sp³-hybridized carbons (Fsp3) is 0.444. The van der Waals surface area contributed by atoms with Crippen LogP contribution in [0.25, 0.3) is 5.00 Å². The molecule has 3 aromatic rings. The molecule has 1 aliphatic carbocycles. The summed E-state index contributed by atoms with van der Waals surface area (Å²) in [6, 6.07) is 15.1. The zero-order valence-corrected chi connectivity index (χ0v) is 20.1. The molecule has 1 unspecified atom stereocenters. The van der Waals surface area contributed by atoms with E-state index in [1.807, 2.05) is 11.3 Å². The van der Waals surface area contributed by atoms with E-state index < -0.39 is 0 Å². The summed E-state index contributed by atoms with van der Waals surface area (Å²) < 4.78 is 2.35. The highest BCUT2D eigenvalue weighted by Gasteiger charge is 2.36. The molecule has 3 aliphatic rings. The Morgan fingerprint density at radius 3 is 2.64 bits per heavy atom. The molecule has 0 spiro atoms. The summed E-state index contributed by atoms with van der Waals surface area (Å²) in [5.41, 5.74) is 5.15. The number of thiophene rings is 1. The molecule has 33 heavy (non-hydrogen) atoms. The maximum atomic E-state index is 13.9. The Hall–Kier alpha value is -2.57. The molecule has 2 amide bonds. The van der Waals surface area contributed by atoms with Crippen LogP contribution in [0.3, 0.4) is 0 Å². The topological polar surface area (TPSA) is 40.5 Å². The summed E-state index contributed by atoms with van der Waals surface area (Å²) in [6.45, 7) is 2.73. The molecule has 172 valence electrons. The third kappa shape index (κ3) is 3.79. The molecule has 4 heterocycles. The maximum Gasteiger partial charge on any atom is 0.318 e. The minimum Gasteiger partial charge on any atom is -0.335 e. The highest BCUT2D eigenvalue weighted by atomic mass is 32.1. The molecule has 1 N–H and O–H groups in total. The van der Waals surface area contributed by atoms with E-state index in [0.717, 1.165) is 32.4 Å². The van der Waals surface area contributed by atoms with Gasteiger partial charge < -0.3 is 19.7 Å². The summed E-state index contributed by atoms with van der Waals surface area (Å²) in [5.74, 6) is 0. The van der Waals surface area contributed by atoms with Crippen LogP contribution in [0, 0.1) is 0 Å². The number of carbonyl (C=O) groups excluding carboxylic acids is 1. The number of amides is 2. The lowest BCUT2D eigenvalue weighted by Gasteiger charge is -2.34. The monoisotopic (exact) mass is 460 g/mol. The van der Waals surface area contributed by atoms with Crippen LogP contribution in [0.5, 0.6) is 0 Å². The van der Waals surface area contributed by atoms with E-state index in [1.54, 1.807) is 0 Å². The third-order valence-corrected chi connectivity index (χ3v) is 8.82. The number of hydrogen-bond donors (Lipinski definition) is 1. The van der Waals surface area contributed by atoms with E-state index in [9.17, 15) is 4.79 Å². The van der Waals surface area contributed by atoms with Crippen molar-refractivity contribution in [1.29, 1.82) is 0 Å². The fourth-order valence-electron chi connectivity index (χ4n) is 5.84. The molecular formula is C27H32N4OS. The second kappa shape index (κ2) is 8.65. The fourth-order valence-corrected chi connectivity index (χ4v) is 7.28. The molecule has 1 saturated carbocycles. The van der Waals surface area contributed by atoms with Gasteiger partial charge in [0.05, 0.1) is 18.3 Å². The molecule has 5 nitrogen and oxygen atoms in total. The number of likely N-dealkylation sites (N-methyl/N-ethyl adjacent to an activating group) is 1. The Morgan fingerprint density at radius 1 is 1.00 bits per heavy atom. The third-order valence-electron chi connectivity index (χ3n) is 7.56. The Balaban J connectivity index is 1.46. The van der Waals surface area contributed by atoms with Crippen molar-refractivity contribution in [3.8, 4) is 5.00 Å². The molecule has 6 rings (SSSR count). The lowest BCUT2D eigenvalue weighted by atomic mass is 9.95. The first-order chi connectivity index (χ1) is 16.2. The minimum atomic E-state index is -0.105. The summed E-state index contributed by atoms with van der Waals surface area (Å²) in [5, 5.41) is 4.72. The van der Waals surface area contributed by atoms with Crippen molar-refractivity contribution in [1.82, 2.24) is 19.7 Å². The summed E-state index contributed by atoms with van der Waals surface area (Å²) in [6.07, 6.45) is 9.14. The van der Waals surface area contributed by atoms with Crippen LogP contribution in [-0.2, 0) is 19.5 Å². The molecule has 1 atom stereocenters. The second-order valence-corrected chi connectivity index (χ2v) is 10.9. The van der Waals surface area contributed by atoms with Gasteiger partial charge >= 0.3 is 6.03 Å². The van der Waals surface area contributed by atoms with Gasteiger partial charge in [0, 0.05) is 35.8 Å². The first kappa shape index (κ1) is 21.0. The molecule has 2 aromatic heterocycles. The van der Waals surface area contributed by atoms with Crippen LogP contribution < -0.4 is 5.32 Å². The van der Waals surface area contributed by atoms with Gasteiger partial charge in [-0.3, -0.25) is 0 Å². The minimum absolute atomic E-state index is 0.0734. The van der Waals surface area contributed by atoms with Crippen molar-refractivity contribution < 1.29 is 4.79 Å². The highest BCUT2D eigenvalue weighted by molar-refractivity contribution is 7.15. The van der Waals surface area contributed by atoms with Gasteiger partial charge in [-0.25, -0.2) is 4.79 Å². The van der Waals surface area contributed by atoms with Crippen LogP contribution >= 0.6 is 11.3 Å². The molecule has 0 bridgehead atoms. The van der Waals surface area contributed by atoms with Crippen LogP contribution in [0.2, 0.25) is 0 Å². The predicted octanol–water partition coefficient (Wildman–Crippen LogP) is 5.47. The van der Waals surface area contributed by atoms with E-state index in [0.29, 0.717) is 12.6 Å². The molecule has 1 fully saturated rings. The second-order valence-electron chi connectivity index (χ2n) is 9.80. The normalized spacial score (nSPS) is 21.1. The van der Waals surface area contributed by atoms with E-state index in [-0.39, 0.29) is 12.1 Å². The Kier molecular flexibility index (Phi) is 5.51. The molecule has 0 saturated heterocycles. The van der Waals surface area contributed by atoms with E-state index in [1.165, 1.54) is 51.5 Å². The van der Waals surface area contributed by atoms with E-state index in [2.05, 4.69) is 75.4 Å². The van der Waals surface area contributed by atoms with Crippen molar-refractivity contribution in [3.05, 3.63) is 75.9 Å². The smallest absolute Gasteiger partial charge is 0.318 e. The van der Waals surface area contributed by atoms with Gasteiger partial charge in [0.1, 0.15) is 5.00 Å². The van der Waals surface area contributed by atoms with Crippen molar-refractivity contribution in [2.75, 3.05) is 13.6 Å². The van der Waals surface area contributed by atoms with Crippen LogP contribution in [-0.4, -0.2) is 40.0 Å². The number of aromatic nitrogens is 1. The van der Waals surface area contributed by atoms with Gasteiger partial charge in [-0.05, 0) is 49.6 Å². The largest absolute Gasteiger partial charge is 0.335 e. The number of nitrogens with one attached hydrogen (secondary N) is 1. The Morgan fingerprint density at radius 2 is 1.82 bits per heavy atom. The number of rotatable bonds is 2. The van der Waals surface area contributed by atoms with Crippen LogP contribution in [0.4, 0.5) is 4.79 Å². The first-order valence-electron chi connectivity index (χ1n) is 12.3. The summed E-state index contributed by atoms with van der Waals surface area (Å²) in [4.78, 5) is 19.8. The van der Waals surface area contributed by atoms with Gasteiger partial charge in [-0.2, -0.15) is 0 Å². The zero-order valence-electron chi connectivity index (χ0n) is 19.3. The number of fused-ring (bicyclic) bond motifs is 5. The van der Waals surface area contributed by atoms with Gasteiger partial charge in [0.25, 0.3) is 0 Å². The average Bonchev–Trinajstić information content (AvgIpc) is 3.41.